The number of benzene rings is 2. The number of para-hydroxylation sites is 1. The third-order valence-electron chi connectivity index (χ3n) is 3.45. The van der Waals surface area contributed by atoms with E-state index in [1.807, 2.05) is 66.5 Å². The van der Waals surface area contributed by atoms with E-state index in [0.717, 1.165) is 21.2 Å². The average Bonchev–Trinajstić information content (AvgIpc) is 2.90. The lowest BCUT2D eigenvalue weighted by atomic mass is 10.2. The minimum atomic E-state index is -0.158. The Balaban J connectivity index is 1.73. The number of hydrogen-bond donors (Lipinski definition) is 2. The molecular weight excluding hydrogens is 312 g/mol. The first-order valence-corrected chi connectivity index (χ1v) is 8.19. The van der Waals surface area contributed by atoms with Gasteiger partial charge in [-0.15, -0.1) is 12.6 Å². The molecule has 0 spiro atoms. The topological polar surface area (TPSA) is 32.3 Å². The number of thiol groups is 1. The van der Waals surface area contributed by atoms with Crippen LogP contribution < -0.4 is 10.2 Å². The number of anilines is 1. The van der Waals surface area contributed by atoms with E-state index in [-0.39, 0.29) is 5.91 Å². The molecule has 22 heavy (non-hydrogen) atoms. The summed E-state index contributed by atoms with van der Waals surface area (Å²) in [5.41, 5.74) is 2.17. The van der Waals surface area contributed by atoms with Gasteiger partial charge in [0, 0.05) is 18.5 Å². The van der Waals surface area contributed by atoms with Gasteiger partial charge in [-0.3, -0.25) is 4.79 Å². The van der Waals surface area contributed by atoms with Gasteiger partial charge in [-0.2, -0.15) is 0 Å². The third kappa shape index (κ3) is 3.00. The van der Waals surface area contributed by atoms with Crippen LogP contribution in [0.1, 0.15) is 5.56 Å². The second kappa shape index (κ2) is 6.50. The zero-order valence-corrected chi connectivity index (χ0v) is 13.8. The number of carbonyl (C=O) groups excluding carboxylic acids is 1. The van der Waals surface area contributed by atoms with Gasteiger partial charge >= 0.3 is 0 Å². The van der Waals surface area contributed by atoms with Crippen LogP contribution in [0.25, 0.3) is 0 Å². The Labute approximate surface area is 139 Å². The van der Waals surface area contributed by atoms with E-state index in [9.17, 15) is 4.79 Å². The van der Waals surface area contributed by atoms with Crippen molar-refractivity contribution in [1.29, 1.82) is 0 Å². The number of nitrogens with zero attached hydrogens (tertiary/aromatic N) is 1. The molecule has 0 saturated heterocycles. The van der Waals surface area contributed by atoms with Gasteiger partial charge in [0.15, 0.2) is 0 Å². The molecule has 2 aromatic rings. The molecule has 3 nitrogen and oxygen atoms in total. The van der Waals surface area contributed by atoms with Gasteiger partial charge in [-0.05, 0) is 17.7 Å². The van der Waals surface area contributed by atoms with E-state index in [4.69, 9.17) is 0 Å². The molecule has 2 aromatic carbocycles. The number of carbonyl (C=O) groups is 1. The van der Waals surface area contributed by atoms with Gasteiger partial charge in [0.2, 0.25) is 0 Å². The van der Waals surface area contributed by atoms with Crippen molar-refractivity contribution < 1.29 is 4.79 Å². The van der Waals surface area contributed by atoms with Gasteiger partial charge in [-0.1, -0.05) is 54.2 Å². The molecule has 0 fully saturated rings. The molecule has 0 bridgehead atoms. The molecular formula is C17H16N2OS2. The quantitative estimate of drug-likeness (QED) is 0.666. The van der Waals surface area contributed by atoms with Crippen molar-refractivity contribution >= 4 is 36.0 Å². The fourth-order valence-corrected chi connectivity index (χ4v) is 3.72. The largest absolute Gasteiger partial charge is 0.347 e. The molecule has 1 heterocycles. The fourth-order valence-electron chi connectivity index (χ4n) is 2.27. The Morgan fingerprint density at radius 2 is 1.82 bits per heavy atom. The van der Waals surface area contributed by atoms with Crippen LogP contribution in [-0.4, -0.2) is 13.0 Å². The molecule has 112 valence electrons. The first kappa shape index (κ1) is 15.1. The molecule has 1 amide bonds. The molecule has 0 unspecified atom stereocenters. The third-order valence-corrected chi connectivity index (χ3v) is 5.25. The summed E-state index contributed by atoms with van der Waals surface area (Å²) in [6.45, 7) is 0.498. The van der Waals surface area contributed by atoms with Crippen molar-refractivity contribution in [3.8, 4) is 0 Å². The van der Waals surface area contributed by atoms with E-state index in [1.165, 1.54) is 0 Å². The maximum absolute atomic E-state index is 12.3. The lowest BCUT2D eigenvalue weighted by molar-refractivity contribution is -0.117. The smallest absolute Gasteiger partial charge is 0.260 e. The second-order valence-corrected chi connectivity index (χ2v) is 6.43. The van der Waals surface area contributed by atoms with Gasteiger partial charge in [0.1, 0.15) is 0 Å². The highest BCUT2D eigenvalue weighted by atomic mass is 32.2. The molecule has 5 heteroatoms. The lowest BCUT2D eigenvalue weighted by Gasteiger charge is -2.15. The van der Waals surface area contributed by atoms with E-state index < -0.39 is 0 Å². The molecule has 1 N–H and O–H groups in total. The lowest BCUT2D eigenvalue weighted by Crippen LogP contribution is -2.25. The highest BCUT2D eigenvalue weighted by Crippen LogP contribution is 2.46. The summed E-state index contributed by atoms with van der Waals surface area (Å²) in [6.07, 6.45) is 0. The summed E-state index contributed by atoms with van der Waals surface area (Å²) >= 11 is 6.01. The maximum Gasteiger partial charge on any atom is 0.260 e. The molecule has 3 rings (SSSR count). The molecule has 0 aliphatic carbocycles. The van der Waals surface area contributed by atoms with Crippen LogP contribution in [0, 0.1) is 0 Å². The SMILES string of the molecule is CN1/C(=C(/S)C(=O)NCc2ccccc2)Sc2ccccc21. The monoisotopic (exact) mass is 328 g/mol. The zero-order valence-electron chi connectivity index (χ0n) is 12.1. The van der Waals surface area contributed by atoms with E-state index in [1.54, 1.807) is 11.8 Å². The fraction of sp³-hybridized carbons (Fsp3) is 0.118. The highest BCUT2D eigenvalue weighted by Gasteiger charge is 2.26. The van der Waals surface area contributed by atoms with E-state index in [0.29, 0.717) is 11.4 Å². The maximum atomic E-state index is 12.3. The number of rotatable bonds is 3. The van der Waals surface area contributed by atoms with Gasteiger partial charge < -0.3 is 10.2 Å². The first-order valence-electron chi connectivity index (χ1n) is 6.93. The second-order valence-electron chi connectivity index (χ2n) is 4.95. The zero-order chi connectivity index (χ0) is 15.5. The van der Waals surface area contributed by atoms with E-state index in [2.05, 4.69) is 17.9 Å². The molecule has 0 saturated carbocycles. The number of nitrogens with one attached hydrogen (secondary N) is 1. The van der Waals surface area contributed by atoms with Crippen molar-refractivity contribution in [2.24, 2.45) is 0 Å². The molecule has 0 aromatic heterocycles. The summed E-state index contributed by atoms with van der Waals surface area (Å²) < 4.78 is 0. The van der Waals surface area contributed by atoms with Crippen LogP contribution in [0.3, 0.4) is 0 Å². The normalized spacial score (nSPS) is 15.5. The number of thioether (sulfide) groups is 1. The Bertz CT molecular complexity index is 728. The van der Waals surface area contributed by atoms with Crippen molar-refractivity contribution in [1.82, 2.24) is 5.32 Å². The Hall–Kier alpha value is -1.85. The van der Waals surface area contributed by atoms with Gasteiger partial charge in [0.25, 0.3) is 5.91 Å². The van der Waals surface area contributed by atoms with Crippen LogP contribution in [0.2, 0.25) is 0 Å². The van der Waals surface area contributed by atoms with Crippen molar-refractivity contribution in [2.75, 3.05) is 11.9 Å². The van der Waals surface area contributed by atoms with Crippen LogP contribution >= 0.6 is 24.4 Å². The number of amides is 1. The molecule has 1 aliphatic rings. The summed E-state index contributed by atoms with van der Waals surface area (Å²) in [5.74, 6) is -0.158. The van der Waals surface area contributed by atoms with E-state index >= 15 is 0 Å². The predicted molar refractivity (Wildman–Crippen MR) is 95.0 cm³/mol. The van der Waals surface area contributed by atoms with Crippen LogP contribution in [-0.2, 0) is 11.3 Å². The van der Waals surface area contributed by atoms with Crippen LogP contribution in [0.5, 0.6) is 0 Å². The minimum Gasteiger partial charge on any atom is -0.347 e. The standard InChI is InChI=1S/C17H16N2OS2/c1-19-13-9-5-6-10-14(13)22-17(19)15(21)16(20)18-11-12-7-3-2-4-8-12/h2-10,21H,11H2,1H3,(H,18,20)/b17-15-. The van der Waals surface area contributed by atoms with Gasteiger partial charge in [-0.25, -0.2) is 0 Å². The van der Waals surface area contributed by atoms with Crippen LogP contribution in [0.4, 0.5) is 5.69 Å². The van der Waals surface area contributed by atoms with Crippen molar-refractivity contribution in [3.63, 3.8) is 0 Å². The minimum absolute atomic E-state index is 0.158. The first-order chi connectivity index (χ1) is 10.7. The molecule has 1 aliphatic heterocycles. The number of hydrogen-bond acceptors (Lipinski definition) is 4. The molecule has 0 atom stereocenters. The highest BCUT2D eigenvalue weighted by molar-refractivity contribution is 8.04. The average molecular weight is 328 g/mol. The summed E-state index contributed by atoms with van der Waals surface area (Å²) in [4.78, 5) is 15.9. The summed E-state index contributed by atoms with van der Waals surface area (Å²) in [6, 6.07) is 17.9. The summed E-state index contributed by atoms with van der Waals surface area (Å²) in [5, 5.41) is 3.77. The number of fused-ring (bicyclic) bond motifs is 1. The summed E-state index contributed by atoms with van der Waals surface area (Å²) in [7, 11) is 1.95. The Morgan fingerprint density at radius 1 is 1.14 bits per heavy atom. The van der Waals surface area contributed by atoms with Crippen molar-refractivity contribution in [3.05, 3.63) is 70.1 Å². The van der Waals surface area contributed by atoms with Crippen LogP contribution in [0.15, 0.2) is 69.4 Å². The molecule has 0 radical (unpaired) electrons. The van der Waals surface area contributed by atoms with Gasteiger partial charge in [0.05, 0.1) is 15.6 Å². The Kier molecular flexibility index (Phi) is 4.45. The predicted octanol–water partition coefficient (Wildman–Crippen LogP) is 3.64. The Morgan fingerprint density at radius 3 is 2.55 bits per heavy atom. The van der Waals surface area contributed by atoms with Crippen molar-refractivity contribution in [2.45, 2.75) is 11.4 Å².